The van der Waals surface area contributed by atoms with Gasteiger partial charge in [0.1, 0.15) is 10.6 Å². The quantitative estimate of drug-likeness (QED) is 0.720. The minimum atomic E-state index is -0.486. The highest BCUT2D eigenvalue weighted by atomic mass is 32.1. The maximum atomic E-state index is 12.7. The molecular formula is C15H14N2O5S. The molecule has 0 aliphatic carbocycles. The zero-order valence-corrected chi connectivity index (χ0v) is 13.1. The Morgan fingerprint density at radius 2 is 2.26 bits per heavy atom. The molecule has 3 heterocycles. The van der Waals surface area contributed by atoms with Crippen molar-refractivity contribution in [2.75, 3.05) is 7.11 Å². The fourth-order valence-corrected chi connectivity index (χ4v) is 3.28. The molecule has 0 amide bonds. The highest BCUT2D eigenvalue weighted by Gasteiger charge is 2.16. The van der Waals surface area contributed by atoms with E-state index in [4.69, 9.17) is 4.42 Å². The molecule has 0 aliphatic rings. The number of nitrogens with one attached hydrogen (secondary N) is 1. The normalized spacial score (nSPS) is 11.0. The van der Waals surface area contributed by atoms with Crippen LogP contribution < -0.4 is 11.2 Å². The van der Waals surface area contributed by atoms with Crippen LogP contribution in [0.5, 0.6) is 0 Å². The number of furan rings is 1. The number of esters is 1. The van der Waals surface area contributed by atoms with E-state index in [2.05, 4.69) is 9.72 Å². The minimum absolute atomic E-state index is 0.145. The molecule has 8 heteroatoms. The number of thiophene rings is 1. The van der Waals surface area contributed by atoms with Crippen LogP contribution in [0.3, 0.4) is 0 Å². The van der Waals surface area contributed by atoms with Crippen molar-refractivity contribution in [1.29, 1.82) is 0 Å². The Hall–Kier alpha value is -2.61. The molecule has 3 aromatic heterocycles. The van der Waals surface area contributed by atoms with Crippen LogP contribution in [0, 0.1) is 0 Å². The van der Waals surface area contributed by atoms with Crippen LogP contribution in [0.2, 0.25) is 0 Å². The second-order valence-electron chi connectivity index (χ2n) is 4.90. The lowest BCUT2D eigenvalue weighted by molar-refractivity contribution is -0.140. The predicted molar refractivity (Wildman–Crippen MR) is 85.7 cm³/mol. The molecule has 0 saturated heterocycles. The molecular weight excluding hydrogens is 320 g/mol. The Morgan fingerprint density at radius 1 is 1.43 bits per heavy atom. The van der Waals surface area contributed by atoms with Crippen molar-refractivity contribution in [2.45, 2.75) is 19.4 Å². The van der Waals surface area contributed by atoms with Crippen LogP contribution in [0.4, 0.5) is 0 Å². The smallest absolute Gasteiger partial charge is 0.329 e. The summed E-state index contributed by atoms with van der Waals surface area (Å²) in [6, 6.07) is 3.49. The summed E-state index contributed by atoms with van der Waals surface area (Å²) in [7, 11) is 1.30. The van der Waals surface area contributed by atoms with E-state index in [9.17, 15) is 14.4 Å². The summed E-state index contributed by atoms with van der Waals surface area (Å²) in [6.07, 6.45) is 2.02. The molecule has 120 valence electrons. The van der Waals surface area contributed by atoms with Gasteiger partial charge in [0.2, 0.25) is 0 Å². The van der Waals surface area contributed by atoms with Gasteiger partial charge >= 0.3 is 11.7 Å². The number of aromatic amines is 1. The fourth-order valence-electron chi connectivity index (χ4n) is 2.35. The van der Waals surface area contributed by atoms with E-state index in [1.807, 2.05) is 0 Å². The summed E-state index contributed by atoms with van der Waals surface area (Å²) in [4.78, 5) is 39.1. The van der Waals surface area contributed by atoms with Gasteiger partial charge in [-0.05, 0) is 18.6 Å². The molecule has 0 saturated carbocycles. The van der Waals surface area contributed by atoms with Gasteiger partial charge in [0.25, 0.3) is 5.56 Å². The minimum Gasteiger partial charge on any atom is -0.469 e. The van der Waals surface area contributed by atoms with E-state index in [0.29, 0.717) is 28.0 Å². The number of methoxy groups -OCH3 is 1. The molecule has 3 rings (SSSR count). The number of carbonyl (C=O) groups is 1. The number of H-pyrrole nitrogens is 1. The summed E-state index contributed by atoms with van der Waals surface area (Å²) >= 11 is 1.28. The second-order valence-corrected chi connectivity index (χ2v) is 5.78. The first-order valence-corrected chi connectivity index (χ1v) is 7.85. The number of rotatable bonds is 5. The summed E-state index contributed by atoms with van der Waals surface area (Å²) < 4.78 is 11.0. The lowest BCUT2D eigenvalue weighted by Gasteiger charge is -2.05. The number of fused-ring (bicyclic) bond motifs is 1. The van der Waals surface area contributed by atoms with Crippen molar-refractivity contribution < 1.29 is 13.9 Å². The van der Waals surface area contributed by atoms with Crippen molar-refractivity contribution in [3.05, 3.63) is 44.6 Å². The van der Waals surface area contributed by atoms with Gasteiger partial charge in [-0.15, -0.1) is 11.3 Å². The molecule has 0 radical (unpaired) electrons. The Balaban J connectivity index is 2.02. The number of ether oxygens (including phenoxy) is 1. The number of nitrogens with zero attached hydrogens (tertiary/aromatic N) is 1. The zero-order valence-electron chi connectivity index (χ0n) is 12.3. The van der Waals surface area contributed by atoms with Crippen LogP contribution in [0.15, 0.2) is 37.8 Å². The predicted octanol–water partition coefficient (Wildman–Crippen LogP) is 1.96. The summed E-state index contributed by atoms with van der Waals surface area (Å²) in [5, 5.41) is 2.20. The third-order valence-corrected chi connectivity index (χ3v) is 4.39. The topological polar surface area (TPSA) is 94.3 Å². The van der Waals surface area contributed by atoms with Crippen LogP contribution in [0.25, 0.3) is 21.5 Å². The Morgan fingerprint density at radius 3 is 2.96 bits per heavy atom. The Bertz CT molecular complexity index is 949. The molecule has 1 N–H and O–H groups in total. The molecule has 23 heavy (non-hydrogen) atoms. The van der Waals surface area contributed by atoms with Crippen LogP contribution in [-0.4, -0.2) is 22.6 Å². The summed E-state index contributed by atoms with van der Waals surface area (Å²) in [5.74, 6) is 0.198. The van der Waals surface area contributed by atoms with Gasteiger partial charge in [-0.25, -0.2) is 4.79 Å². The van der Waals surface area contributed by atoms with E-state index >= 15 is 0 Å². The van der Waals surface area contributed by atoms with Gasteiger partial charge in [0, 0.05) is 23.9 Å². The third kappa shape index (κ3) is 2.85. The average Bonchev–Trinajstić information content (AvgIpc) is 3.18. The van der Waals surface area contributed by atoms with E-state index in [1.165, 1.54) is 24.7 Å². The highest BCUT2D eigenvalue weighted by molar-refractivity contribution is 7.17. The van der Waals surface area contributed by atoms with Crippen molar-refractivity contribution in [3.8, 4) is 11.3 Å². The zero-order chi connectivity index (χ0) is 16.4. The first kappa shape index (κ1) is 15.3. The number of hydrogen-bond donors (Lipinski definition) is 1. The Kier molecular flexibility index (Phi) is 4.16. The number of aromatic nitrogens is 2. The SMILES string of the molecule is COC(=O)CCCn1c(=O)[nH]c2scc(-c3ccco3)c2c1=O. The van der Waals surface area contributed by atoms with Gasteiger partial charge in [-0.3, -0.25) is 19.1 Å². The van der Waals surface area contributed by atoms with Crippen molar-refractivity contribution in [3.63, 3.8) is 0 Å². The summed E-state index contributed by atoms with van der Waals surface area (Å²) in [5.41, 5.74) is -0.223. The Labute approximate surface area is 134 Å². The van der Waals surface area contributed by atoms with E-state index < -0.39 is 5.69 Å². The maximum Gasteiger partial charge on any atom is 0.329 e. The fraction of sp³-hybridized carbons (Fsp3) is 0.267. The van der Waals surface area contributed by atoms with Crippen LogP contribution >= 0.6 is 11.3 Å². The molecule has 3 aromatic rings. The largest absolute Gasteiger partial charge is 0.469 e. The highest BCUT2D eigenvalue weighted by Crippen LogP contribution is 2.30. The first-order valence-electron chi connectivity index (χ1n) is 6.97. The molecule has 0 spiro atoms. The third-order valence-electron chi connectivity index (χ3n) is 3.49. The monoisotopic (exact) mass is 334 g/mol. The summed E-state index contributed by atoms with van der Waals surface area (Å²) in [6.45, 7) is 0.145. The van der Waals surface area contributed by atoms with E-state index in [-0.39, 0.29) is 24.5 Å². The molecule has 0 bridgehead atoms. The standard InChI is InChI=1S/C15H14N2O5S/c1-21-11(18)5-2-6-17-14(19)12-9(10-4-3-7-22-10)8-23-13(12)16-15(17)20/h3-4,7-8H,2,5-6H2,1H3,(H,16,20). The van der Waals surface area contributed by atoms with Gasteiger partial charge in [0.15, 0.2) is 0 Å². The maximum absolute atomic E-state index is 12.7. The van der Waals surface area contributed by atoms with Crippen molar-refractivity contribution in [2.24, 2.45) is 0 Å². The van der Waals surface area contributed by atoms with Gasteiger partial charge in [-0.2, -0.15) is 0 Å². The van der Waals surface area contributed by atoms with Crippen molar-refractivity contribution >= 4 is 27.5 Å². The molecule has 7 nitrogen and oxygen atoms in total. The molecule has 0 aliphatic heterocycles. The first-order chi connectivity index (χ1) is 11.1. The second kappa shape index (κ2) is 6.25. The molecule has 0 unspecified atom stereocenters. The lowest BCUT2D eigenvalue weighted by Crippen LogP contribution is -2.35. The van der Waals surface area contributed by atoms with Crippen LogP contribution in [0.1, 0.15) is 12.8 Å². The molecule has 0 aromatic carbocycles. The molecule has 0 fully saturated rings. The van der Waals surface area contributed by atoms with Gasteiger partial charge in [-0.1, -0.05) is 0 Å². The van der Waals surface area contributed by atoms with E-state index in [1.54, 1.807) is 17.5 Å². The average molecular weight is 334 g/mol. The number of hydrogen-bond acceptors (Lipinski definition) is 6. The van der Waals surface area contributed by atoms with Gasteiger partial charge < -0.3 is 9.15 Å². The van der Waals surface area contributed by atoms with E-state index in [0.717, 1.165) is 4.57 Å². The van der Waals surface area contributed by atoms with Gasteiger partial charge in [0.05, 0.1) is 18.8 Å². The number of carbonyl (C=O) groups excluding carboxylic acids is 1. The van der Waals surface area contributed by atoms with Crippen LogP contribution in [-0.2, 0) is 16.1 Å². The lowest BCUT2D eigenvalue weighted by atomic mass is 10.2. The van der Waals surface area contributed by atoms with Crippen molar-refractivity contribution in [1.82, 2.24) is 9.55 Å². The molecule has 0 atom stereocenters.